The molecule has 0 saturated heterocycles. The van der Waals surface area contributed by atoms with Crippen LogP contribution in [-0.2, 0) is 6.54 Å². The summed E-state index contributed by atoms with van der Waals surface area (Å²) in [5, 5.41) is 4.41. The van der Waals surface area contributed by atoms with E-state index in [0.29, 0.717) is 17.9 Å². The largest absolute Gasteiger partial charge is 0.472 e. The van der Waals surface area contributed by atoms with Gasteiger partial charge in [-0.25, -0.2) is 4.98 Å². The van der Waals surface area contributed by atoms with E-state index in [9.17, 15) is 4.79 Å². The summed E-state index contributed by atoms with van der Waals surface area (Å²) in [4.78, 5) is 16.3. The topological polar surface area (TPSA) is 81.1 Å². The highest BCUT2D eigenvalue weighted by Crippen LogP contribution is 2.22. The Balaban J connectivity index is 1.90. The number of nitrogens with one attached hydrogen (secondary N) is 1. The van der Waals surface area contributed by atoms with E-state index in [-0.39, 0.29) is 5.91 Å². The number of nitrogens with zero attached hydrogens (tertiary/aromatic N) is 1. The van der Waals surface area contributed by atoms with Gasteiger partial charge in [-0.1, -0.05) is 24.3 Å². The molecule has 5 heteroatoms. The molecule has 0 atom stereocenters. The molecule has 1 amide bonds. The third-order valence-electron chi connectivity index (χ3n) is 3.10. The van der Waals surface area contributed by atoms with Crippen molar-refractivity contribution in [3.8, 4) is 0 Å². The van der Waals surface area contributed by atoms with Crippen LogP contribution in [-0.4, -0.2) is 10.9 Å². The number of aromatic nitrogens is 1. The van der Waals surface area contributed by atoms with Crippen molar-refractivity contribution in [2.24, 2.45) is 0 Å². The smallest absolute Gasteiger partial charge is 0.253 e. The molecule has 0 aliphatic heterocycles. The van der Waals surface area contributed by atoms with Gasteiger partial charge in [0.2, 0.25) is 0 Å². The molecule has 0 radical (unpaired) electrons. The van der Waals surface area contributed by atoms with Gasteiger partial charge in [-0.2, -0.15) is 0 Å². The molecule has 0 unspecified atom stereocenters. The van der Waals surface area contributed by atoms with Crippen LogP contribution >= 0.6 is 0 Å². The van der Waals surface area contributed by atoms with Gasteiger partial charge in [0.15, 0.2) is 0 Å². The Bertz CT molecular complexity index is 751. The summed E-state index contributed by atoms with van der Waals surface area (Å²) < 4.78 is 4.96. The van der Waals surface area contributed by atoms with Crippen LogP contribution in [0.15, 0.2) is 53.5 Å². The fraction of sp³-hybridized carbons (Fsp3) is 0.0667. The summed E-state index contributed by atoms with van der Waals surface area (Å²) in [6, 6.07) is 9.26. The number of amides is 1. The molecule has 2 heterocycles. The number of nitrogen functional groups attached to an aromatic ring is 1. The van der Waals surface area contributed by atoms with Crippen LogP contribution in [0.1, 0.15) is 15.9 Å². The Morgan fingerprint density at radius 3 is 2.80 bits per heavy atom. The summed E-state index contributed by atoms with van der Waals surface area (Å²) in [6.07, 6.45) is 4.67. The van der Waals surface area contributed by atoms with Crippen molar-refractivity contribution in [3.05, 3.63) is 60.2 Å². The maximum absolute atomic E-state index is 12.2. The van der Waals surface area contributed by atoms with Crippen LogP contribution in [0.25, 0.3) is 10.8 Å². The van der Waals surface area contributed by atoms with Crippen LogP contribution in [0.4, 0.5) is 5.82 Å². The molecule has 0 aliphatic carbocycles. The molecule has 0 bridgehead atoms. The number of rotatable bonds is 3. The molecule has 3 N–H and O–H groups in total. The molecule has 3 rings (SSSR count). The second kappa shape index (κ2) is 5.05. The molecule has 0 fully saturated rings. The molecule has 20 heavy (non-hydrogen) atoms. The molecule has 0 saturated carbocycles. The van der Waals surface area contributed by atoms with E-state index in [2.05, 4.69) is 10.3 Å². The van der Waals surface area contributed by atoms with E-state index >= 15 is 0 Å². The number of fused-ring (bicyclic) bond motifs is 1. The van der Waals surface area contributed by atoms with Crippen molar-refractivity contribution in [2.45, 2.75) is 6.54 Å². The Morgan fingerprint density at radius 2 is 2.05 bits per heavy atom. The predicted octanol–water partition coefficient (Wildman–Crippen LogP) is 2.34. The molecular formula is C15H13N3O2. The number of pyridine rings is 1. The lowest BCUT2D eigenvalue weighted by Gasteiger charge is -2.08. The predicted molar refractivity (Wildman–Crippen MR) is 76.0 cm³/mol. The van der Waals surface area contributed by atoms with E-state index < -0.39 is 0 Å². The summed E-state index contributed by atoms with van der Waals surface area (Å²) in [5.74, 6) is 0.238. The van der Waals surface area contributed by atoms with E-state index in [1.165, 1.54) is 6.20 Å². The fourth-order valence-corrected chi connectivity index (χ4v) is 2.07. The van der Waals surface area contributed by atoms with Crippen LogP contribution < -0.4 is 11.1 Å². The Morgan fingerprint density at radius 1 is 1.25 bits per heavy atom. The van der Waals surface area contributed by atoms with Gasteiger partial charge in [0.1, 0.15) is 5.82 Å². The summed E-state index contributed by atoms with van der Waals surface area (Å²) >= 11 is 0. The third-order valence-corrected chi connectivity index (χ3v) is 3.10. The van der Waals surface area contributed by atoms with E-state index in [1.54, 1.807) is 18.6 Å². The number of carbonyl (C=O) groups is 1. The second-order valence-corrected chi connectivity index (χ2v) is 4.42. The van der Waals surface area contributed by atoms with Crippen LogP contribution in [0.5, 0.6) is 0 Å². The zero-order valence-corrected chi connectivity index (χ0v) is 10.7. The normalized spacial score (nSPS) is 10.6. The number of nitrogens with two attached hydrogens (primary N) is 1. The van der Waals surface area contributed by atoms with Gasteiger partial charge < -0.3 is 15.5 Å². The molecule has 0 spiro atoms. The van der Waals surface area contributed by atoms with Crippen LogP contribution in [0, 0.1) is 0 Å². The maximum Gasteiger partial charge on any atom is 0.253 e. The van der Waals surface area contributed by atoms with Crippen LogP contribution in [0.3, 0.4) is 0 Å². The Hall–Kier alpha value is -2.82. The molecule has 3 aromatic rings. The minimum Gasteiger partial charge on any atom is -0.472 e. The highest BCUT2D eigenvalue weighted by Gasteiger charge is 2.12. The van der Waals surface area contributed by atoms with Gasteiger partial charge >= 0.3 is 0 Å². The van der Waals surface area contributed by atoms with Crippen LogP contribution in [0.2, 0.25) is 0 Å². The van der Waals surface area contributed by atoms with Crippen molar-refractivity contribution < 1.29 is 9.21 Å². The monoisotopic (exact) mass is 267 g/mol. The lowest BCUT2D eigenvalue weighted by molar-refractivity contribution is 0.0952. The lowest BCUT2D eigenvalue weighted by atomic mass is 10.1. The number of anilines is 1. The minimum absolute atomic E-state index is 0.185. The molecule has 2 aromatic heterocycles. The highest BCUT2D eigenvalue weighted by atomic mass is 16.3. The minimum atomic E-state index is -0.185. The average molecular weight is 267 g/mol. The van der Waals surface area contributed by atoms with Crippen molar-refractivity contribution in [3.63, 3.8) is 0 Å². The zero-order valence-electron chi connectivity index (χ0n) is 10.7. The van der Waals surface area contributed by atoms with E-state index in [4.69, 9.17) is 10.2 Å². The van der Waals surface area contributed by atoms with Gasteiger partial charge in [0.05, 0.1) is 18.1 Å². The van der Waals surface area contributed by atoms with Crippen molar-refractivity contribution in [2.75, 3.05) is 5.73 Å². The summed E-state index contributed by atoms with van der Waals surface area (Å²) in [6.45, 7) is 0.411. The Kier molecular flexibility index (Phi) is 3.09. The van der Waals surface area contributed by atoms with E-state index in [0.717, 1.165) is 16.3 Å². The maximum atomic E-state index is 12.2. The fourth-order valence-electron chi connectivity index (χ4n) is 2.07. The van der Waals surface area contributed by atoms with Gasteiger partial charge in [0, 0.05) is 23.7 Å². The first kappa shape index (κ1) is 12.2. The van der Waals surface area contributed by atoms with E-state index in [1.807, 2.05) is 24.3 Å². The molecule has 1 aromatic carbocycles. The van der Waals surface area contributed by atoms with Gasteiger partial charge in [-0.15, -0.1) is 0 Å². The third kappa shape index (κ3) is 2.21. The van der Waals surface area contributed by atoms with Gasteiger partial charge in [-0.3, -0.25) is 4.79 Å². The quantitative estimate of drug-likeness (QED) is 0.763. The van der Waals surface area contributed by atoms with Crippen molar-refractivity contribution in [1.82, 2.24) is 10.3 Å². The first-order valence-electron chi connectivity index (χ1n) is 6.18. The van der Waals surface area contributed by atoms with Gasteiger partial charge in [-0.05, 0) is 11.5 Å². The first-order valence-corrected chi connectivity index (χ1v) is 6.18. The second-order valence-electron chi connectivity index (χ2n) is 4.42. The summed E-state index contributed by atoms with van der Waals surface area (Å²) in [5.41, 5.74) is 7.24. The SMILES string of the molecule is Nc1ncc(C(=O)NCc2ccoc2)c2ccccc12. The van der Waals surface area contributed by atoms with Crippen molar-refractivity contribution >= 4 is 22.5 Å². The number of carbonyl (C=O) groups excluding carboxylic acids is 1. The average Bonchev–Trinajstić information content (AvgIpc) is 2.99. The number of furan rings is 1. The zero-order chi connectivity index (χ0) is 13.9. The standard InChI is InChI=1S/C15H13N3O2/c16-14-12-4-2-1-3-11(12)13(8-17-14)15(19)18-7-10-5-6-20-9-10/h1-6,8-9H,7H2,(H2,16,17)(H,18,19). The number of benzene rings is 1. The molecule has 100 valence electrons. The number of hydrogen-bond acceptors (Lipinski definition) is 4. The van der Waals surface area contributed by atoms with Gasteiger partial charge in [0.25, 0.3) is 5.91 Å². The summed E-state index contributed by atoms with van der Waals surface area (Å²) in [7, 11) is 0. The van der Waals surface area contributed by atoms with Crippen molar-refractivity contribution in [1.29, 1.82) is 0 Å². The number of hydrogen-bond donors (Lipinski definition) is 2. The molecular weight excluding hydrogens is 254 g/mol. The molecule has 0 aliphatic rings. The highest BCUT2D eigenvalue weighted by molar-refractivity contribution is 6.08. The first-order chi connectivity index (χ1) is 9.75. The Labute approximate surface area is 115 Å². The molecule has 5 nitrogen and oxygen atoms in total. The lowest BCUT2D eigenvalue weighted by Crippen LogP contribution is -2.23.